The summed E-state index contributed by atoms with van der Waals surface area (Å²) in [6.07, 6.45) is 6.56. The second kappa shape index (κ2) is 10.3. The lowest BCUT2D eigenvalue weighted by Gasteiger charge is -2.39. The van der Waals surface area contributed by atoms with Crippen LogP contribution >= 0.6 is 24.8 Å². The molecule has 2 atom stereocenters. The molecule has 2 aromatic rings. The summed E-state index contributed by atoms with van der Waals surface area (Å²) in [6.45, 7) is 5.38. The van der Waals surface area contributed by atoms with Crippen LogP contribution in [0.25, 0.3) is 0 Å². The van der Waals surface area contributed by atoms with E-state index >= 15 is 0 Å². The number of rotatable bonds is 4. The van der Waals surface area contributed by atoms with Gasteiger partial charge < -0.3 is 19.7 Å². The molecule has 0 bridgehead atoms. The fourth-order valence-electron chi connectivity index (χ4n) is 4.39. The third-order valence-corrected chi connectivity index (χ3v) is 5.95. The Morgan fingerprint density at radius 2 is 2.07 bits per heavy atom. The molecule has 1 N–H and O–H groups in total. The van der Waals surface area contributed by atoms with Crippen LogP contribution in [0.3, 0.4) is 0 Å². The number of aryl methyl sites for hydroxylation is 2. The number of amides is 1. The van der Waals surface area contributed by atoms with Crippen molar-refractivity contribution in [3.05, 3.63) is 48.0 Å². The van der Waals surface area contributed by atoms with E-state index in [1.54, 1.807) is 6.20 Å². The molecule has 3 heterocycles. The molecule has 6 nitrogen and oxygen atoms in total. The Bertz CT molecular complexity index is 812. The molecule has 0 aliphatic carbocycles. The molecule has 1 amide bonds. The van der Waals surface area contributed by atoms with Gasteiger partial charge in [0.2, 0.25) is 5.91 Å². The second-order valence-electron chi connectivity index (χ2n) is 7.66. The zero-order chi connectivity index (χ0) is 18.8. The maximum absolute atomic E-state index is 13.1. The largest absolute Gasteiger partial charge is 0.368 e. The van der Waals surface area contributed by atoms with E-state index in [0.29, 0.717) is 12.5 Å². The fraction of sp³-hybridized carbons (Fsp3) is 0.524. The molecule has 1 aromatic heterocycles. The van der Waals surface area contributed by atoms with Crippen LogP contribution in [0.5, 0.6) is 0 Å². The first-order valence-corrected chi connectivity index (χ1v) is 9.97. The van der Waals surface area contributed by atoms with Gasteiger partial charge in [0.15, 0.2) is 0 Å². The summed E-state index contributed by atoms with van der Waals surface area (Å²) in [7, 11) is 1.99. The van der Waals surface area contributed by atoms with Crippen molar-refractivity contribution in [1.29, 1.82) is 0 Å². The number of hydrogen-bond acceptors (Lipinski definition) is 4. The first-order valence-electron chi connectivity index (χ1n) is 9.97. The topological polar surface area (TPSA) is 53.4 Å². The van der Waals surface area contributed by atoms with Gasteiger partial charge in [-0.05, 0) is 31.4 Å². The Kier molecular flexibility index (Phi) is 8.37. The van der Waals surface area contributed by atoms with Crippen molar-refractivity contribution in [3.8, 4) is 0 Å². The normalized spacial score (nSPS) is 21.0. The molecule has 8 heteroatoms. The van der Waals surface area contributed by atoms with Gasteiger partial charge in [-0.25, -0.2) is 4.98 Å². The zero-order valence-corrected chi connectivity index (χ0v) is 18.7. The van der Waals surface area contributed by atoms with Crippen molar-refractivity contribution in [2.24, 2.45) is 7.05 Å². The molecule has 1 fully saturated rings. The highest BCUT2D eigenvalue weighted by Gasteiger charge is 2.31. The van der Waals surface area contributed by atoms with Crippen molar-refractivity contribution in [1.82, 2.24) is 19.8 Å². The van der Waals surface area contributed by atoms with Crippen LogP contribution in [0.15, 0.2) is 36.7 Å². The van der Waals surface area contributed by atoms with Crippen LogP contribution in [0.2, 0.25) is 0 Å². The lowest BCUT2D eigenvalue weighted by molar-refractivity contribution is -0.134. The molecule has 0 saturated carbocycles. The van der Waals surface area contributed by atoms with E-state index in [1.807, 2.05) is 22.7 Å². The van der Waals surface area contributed by atoms with E-state index in [0.717, 1.165) is 44.8 Å². The number of piperazine rings is 1. The first-order chi connectivity index (χ1) is 13.1. The third kappa shape index (κ3) is 4.87. The van der Waals surface area contributed by atoms with E-state index in [4.69, 9.17) is 0 Å². The van der Waals surface area contributed by atoms with Gasteiger partial charge in [0.1, 0.15) is 11.9 Å². The number of aromatic nitrogens is 2. The van der Waals surface area contributed by atoms with Crippen molar-refractivity contribution in [2.45, 2.75) is 38.3 Å². The van der Waals surface area contributed by atoms with E-state index in [-0.39, 0.29) is 36.8 Å². The molecule has 29 heavy (non-hydrogen) atoms. The number of nitrogens with one attached hydrogen (secondary N) is 1. The van der Waals surface area contributed by atoms with Gasteiger partial charge in [-0.3, -0.25) is 4.79 Å². The lowest BCUT2D eigenvalue weighted by Crippen LogP contribution is -2.50. The fourth-order valence-corrected chi connectivity index (χ4v) is 4.39. The summed E-state index contributed by atoms with van der Waals surface area (Å²) in [5.74, 6) is 1.17. The number of carbonyl (C=O) groups is 1. The number of fused-ring (bicyclic) bond motifs is 1. The van der Waals surface area contributed by atoms with E-state index in [9.17, 15) is 4.79 Å². The predicted molar refractivity (Wildman–Crippen MR) is 121 cm³/mol. The number of nitrogens with zero attached hydrogens (tertiary/aromatic N) is 4. The molecular weight excluding hydrogens is 409 g/mol. The molecule has 160 valence electrons. The number of para-hydroxylation sites is 1. The van der Waals surface area contributed by atoms with Crippen LogP contribution in [0.4, 0.5) is 5.69 Å². The number of carbonyl (C=O) groups excluding carboxylic acids is 1. The predicted octanol–water partition coefficient (Wildman–Crippen LogP) is 2.97. The van der Waals surface area contributed by atoms with Crippen LogP contribution in [0, 0.1) is 0 Å². The molecule has 0 spiro atoms. The van der Waals surface area contributed by atoms with Gasteiger partial charge in [0.25, 0.3) is 0 Å². The van der Waals surface area contributed by atoms with Crippen LogP contribution in [-0.4, -0.2) is 52.6 Å². The lowest BCUT2D eigenvalue weighted by atomic mass is 9.96. The average molecular weight is 440 g/mol. The van der Waals surface area contributed by atoms with E-state index in [2.05, 4.69) is 46.4 Å². The number of imidazole rings is 1. The van der Waals surface area contributed by atoms with Crippen LogP contribution in [0.1, 0.15) is 37.2 Å². The molecule has 4 rings (SSSR count). The van der Waals surface area contributed by atoms with E-state index in [1.165, 1.54) is 11.3 Å². The van der Waals surface area contributed by atoms with Crippen molar-refractivity contribution < 1.29 is 4.79 Å². The smallest absolute Gasteiger partial charge is 0.225 e. The minimum atomic E-state index is 0. The summed E-state index contributed by atoms with van der Waals surface area (Å²) in [5.41, 5.74) is 2.70. The van der Waals surface area contributed by atoms with Gasteiger partial charge in [-0.2, -0.15) is 0 Å². The number of hydrogen-bond donors (Lipinski definition) is 1. The number of halogens is 2. The highest BCUT2D eigenvalue weighted by molar-refractivity contribution is 5.85. The SMILES string of the molecule is CC1CCc2ccccc2N1CCC(=O)N1CCNCC1c1nccn1C.Cl.Cl. The Hall–Kier alpha value is -1.76. The van der Waals surface area contributed by atoms with Crippen molar-refractivity contribution >= 4 is 36.4 Å². The van der Waals surface area contributed by atoms with Crippen molar-refractivity contribution in [2.75, 3.05) is 31.1 Å². The standard InChI is InChI=1S/C21H29N5O.2ClH/c1-16-7-8-17-5-3-4-6-18(17)25(16)12-9-20(27)26-14-10-22-15-19(26)21-23-11-13-24(21)2;;/h3-6,11,13,16,19,22H,7-10,12,14-15H2,1-2H3;2*1H. The Morgan fingerprint density at radius 3 is 2.83 bits per heavy atom. The monoisotopic (exact) mass is 439 g/mol. The van der Waals surface area contributed by atoms with Crippen molar-refractivity contribution in [3.63, 3.8) is 0 Å². The summed E-state index contributed by atoms with van der Waals surface area (Å²) in [6, 6.07) is 9.09. The summed E-state index contributed by atoms with van der Waals surface area (Å²) >= 11 is 0. The molecule has 0 radical (unpaired) electrons. The summed E-state index contributed by atoms with van der Waals surface area (Å²) in [4.78, 5) is 22.0. The second-order valence-corrected chi connectivity index (χ2v) is 7.66. The Morgan fingerprint density at radius 1 is 1.28 bits per heavy atom. The zero-order valence-electron chi connectivity index (χ0n) is 17.1. The molecule has 1 aromatic carbocycles. The third-order valence-electron chi connectivity index (χ3n) is 5.95. The Labute approximate surface area is 185 Å². The minimum Gasteiger partial charge on any atom is -0.368 e. The van der Waals surface area contributed by atoms with Gasteiger partial charge in [0, 0.05) is 63.8 Å². The number of benzene rings is 1. The van der Waals surface area contributed by atoms with E-state index < -0.39 is 0 Å². The maximum Gasteiger partial charge on any atom is 0.225 e. The Balaban J connectivity index is 0.00000150. The van der Waals surface area contributed by atoms with Gasteiger partial charge in [-0.15, -0.1) is 24.8 Å². The molecule has 2 aliphatic rings. The highest BCUT2D eigenvalue weighted by Crippen LogP contribution is 2.30. The average Bonchev–Trinajstić information content (AvgIpc) is 3.12. The first kappa shape index (κ1) is 23.5. The minimum absolute atomic E-state index is 0. The summed E-state index contributed by atoms with van der Waals surface area (Å²) in [5, 5.41) is 3.40. The molecule has 2 unspecified atom stereocenters. The van der Waals surface area contributed by atoms with Gasteiger partial charge in [0.05, 0.1) is 0 Å². The quantitative estimate of drug-likeness (QED) is 0.795. The van der Waals surface area contributed by atoms with Gasteiger partial charge in [-0.1, -0.05) is 18.2 Å². The van der Waals surface area contributed by atoms with Gasteiger partial charge >= 0.3 is 0 Å². The summed E-state index contributed by atoms with van der Waals surface area (Å²) < 4.78 is 2.01. The molecule has 1 saturated heterocycles. The number of anilines is 1. The van der Waals surface area contributed by atoms with Crippen LogP contribution in [-0.2, 0) is 18.3 Å². The molecule has 2 aliphatic heterocycles. The maximum atomic E-state index is 13.1. The highest BCUT2D eigenvalue weighted by atomic mass is 35.5. The van der Waals surface area contributed by atoms with Crippen LogP contribution < -0.4 is 10.2 Å². The molecular formula is C21H31Cl2N5O.